The zero-order chi connectivity index (χ0) is 20.5. The molecule has 4 rings (SSSR count). The highest BCUT2D eigenvalue weighted by molar-refractivity contribution is 7.21. The highest BCUT2D eigenvalue weighted by Gasteiger charge is 2.29. The van der Waals surface area contributed by atoms with E-state index in [1.165, 1.54) is 18.4 Å². The van der Waals surface area contributed by atoms with Gasteiger partial charge in [0.15, 0.2) is 0 Å². The van der Waals surface area contributed by atoms with Crippen molar-refractivity contribution < 1.29 is 18.7 Å². The van der Waals surface area contributed by atoms with Gasteiger partial charge in [-0.1, -0.05) is 30.3 Å². The molecule has 0 atom stereocenters. The maximum atomic E-state index is 12.8. The van der Waals surface area contributed by atoms with Crippen LogP contribution in [-0.2, 0) is 4.74 Å². The van der Waals surface area contributed by atoms with Crippen molar-refractivity contribution in [2.45, 2.75) is 13.8 Å². The van der Waals surface area contributed by atoms with Gasteiger partial charge in [0.05, 0.1) is 22.9 Å². The summed E-state index contributed by atoms with van der Waals surface area (Å²) in [5, 5.41) is 3.38. The maximum absolute atomic E-state index is 12.8. The van der Waals surface area contributed by atoms with Crippen LogP contribution in [0.3, 0.4) is 0 Å². The van der Waals surface area contributed by atoms with E-state index in [0.717, 1.165) is 15.8 Å². The number of rotatable bonds is 4. The Hall–Kier alpha value is -3.45. The van der Waals surface area contributed by atoms with Crippen molar-refractivity contribution in [3.63, 3.8) is 0 Å². The zero-order valence-electron chi connectivity index (χ0n) is 16.1. The van der Waals surface area contributed by atoms with E-state index in [-0.39, 0.29) is 17.4 Å². The second kappa shape index (κ2) is 7.52. The number of nitrogens with zero attached hydrogens (tertiary/aromatic N) is 1. The van der Waals surface area contributed by atoms with E-state index in [0.29, 0.717) is 21.9 Å². The van der Waals surface area contributed by atoms with Gasteiger partial charge in [0, 0.05) is 5.56 Å². The van der Waals surface area contributed by atoms with Crippen molar-refractivity contribution in [1.29, 1.82) is 0 Å². The Morgan fingerprint density at radius 1 is 1.07 bits per heavy atom. The van der Waals surface area contributed by atoms with Crippen molar-refractivity contribution in [3.8, 4) is 10.6 Å². The van der Waals surface area contributed by atoms with E-state index >= 15 is 0 Å². The molecule has 0 aliphatic carbocycles. The first-order valence-electron chi connectivity index (χ1n) is 8.94. The van der Waals surface area contributed by atoms with Gasteiger partial charge in [-0.05, 0) is 37.6 Å². The first-order chi connectivity index (χ1) is 14.0. The molecule has 0 unspecified atom stereocenters. The fourth-order valence-corrected chi connectivity index (χ4v) is 4.18. The number of methoxy groups -OCH3 is 1. The lowest BCUT2D eigenvalue weighted by molar-refractivity contribution is 0.0599. The molecule has 7 heteroatoms. The number of hydrogen-bond acceptors (Lipinski definition) is 6. The normalized spacial score (nSPS) is 10.9. The number of aromatic nitrogens is 1. The highest BCUT2D eigenvalue weighted by atomic mass is 32.1. The van der Waals surface area contributed by atoms with Crippen LogP contribution in [0.5, 0.6) is 0 Å². The lowest BCUT2D eigenvalue weighted by Crippen LogP contribution is -2.13. The molecule has 0 saturated carbocycles. The number of ether oxygens (including phenoxy) is 1. The highest BCUT2D eigenvalue weighted by Crippen LogP contribution is 2.40. The number of thiazole rings is 1. The van der Waals surface area contributed by atoms with Gasteiger partial charge in [-0.2, -0.15) is 0 Å². The molecule has 2 aromatic carbocycles. The average Bonchev–Trinajstić information content (AvgIpc) is 3.27. The van der Waals surface area contributed by atoms with Gasteiger partial charge < -0.3 is 9.15 Å². The van der Waals surface area contributed by atoms with E-state index in [9.17, 15) is 9.59 Å². The molecule has 0 aliphatic heterocycles. The van der Waals surface area contributed by atoms with E-state index in [1.807, 2.05) is 43.3 Å². The first kappa shape index (κ1) is 18.9. The van der Waals surface area contributed by atoms with E-state index in [4.69, 9.17) is 9.15 Å². The third-order valence-corrected chi connectivity index (χ3v) is 5.65. The van der Waals surface area contributed by atoms with Gasteiger partial charge in [0.1, 0.15) is 16.3 Å². The summed E-state index contributed by atoms with van der Waals surface area (Å²) >= 11 is 1.42. The number of esters is 1. The summed E-state index contributed by atoms with van der Waals surface area (Å²) in [6.07, 6.45) is 0. The van der Waals surface area contributed by atoms with Crippen LogP contribution in [0.25, 0.3) is 20.8 Å². The number of carbonyl (C=O) groups excluding carboxylic acids is 2. The van der Waals surface area contributed by atoms with Gasteiger partial charge in [-0.3, -0.25) is 10.1 Å². The number of amides is 1. The molecule has 29 heavy (non-hydrogen) atoms. The average molecular weight is 406 g/mol. The Morgan fingerprint density at radius 2 is 1.79 bits per heavy atom. The Balaban J connectivity index is 1.85. The number of carbonyl (C=O) groups is 2. The minimum atomic E-state index is -0.545. The Morgan fingerprint density at radius 3 is 2.52 bits per heavy atom. The number of aryl methyl sites for hydroxylation is 2. The third kappa shape index (κ3) is 3.40. The molecule has 2 aromatic heterocycles. The van der Waals surface area contributed by atoms with Crippen LogP contribution in [0, 0.1) is 13.8 Å². The lowest BCUT2D eigenvalue weighted by Gasteiger charge is -2.07. The number of benzene rings is 2. The summed E-state index contributed by atoms with van der Waals surface area (Å²) in [5.74, 6) is -0.339. The molecule has 0 aliphatic rings. The molecule has 0 saturated heterocycles. The molecule has 0 bridgehead atoms. The van der Waals surface area contributed by atoms with Crippen LogP contribution < -0.4 is 5.32 Å². The van der Waals surface area contributed by atoms with Crippen LogP contribution in [0.15, 0.2) is 52.9 Å². The van der Waals surface area contributed by atoms with Gasteiger partial charge in [0.25, 0.3) is 5.91 Å². The van der Waals surface area contributed by atoms with Crippen LogP contribution in [-0.4, -0.2) is 24.0 Å². The Bertz CT molecular complexity index is 1210. The number of anilines is 1. The number of para-hydroxylation sites is 1. The molecular weight excluding hydrogens is 388 g/mol. The van der Waals surface area contributed by atoms with Crippen molar-refractivity contribution >= 4 is 39.3 Å². The molecule has 0 fully saturated rings. The van der Waals surface area contributed by atoms with Gasteiger partial charge >= 0.3 is 5.97 Å². The molecule has 1 amide bonds. The molecule has 0 radical (unpaired) electrons. The molecule has 1 N–H and O–H groups in total. The summed E-state index contributed by atoms with van der Waals surface area (Å²) in [6, 6.07) is 14.9. The fraction of sp³-hybridized carbons (Fsp3) is 0.136. The van der Waals surface area contributed by atoms with Crippen LogP contribution in [0.2, 0.25) is 0 Å². The second-order valence-electron chi connectivity index (χ2n) is 6.48. The van der Waals surface area contributed by atoms with Gasteiger partial charge in [0.2, 0.25) is 5.88 Å². The standard InChI is InChI=1S/C22H18N2O4S/c1-12-8-4-5-9-14(12)19(25)24-20-18(17(13(2)28-20)22(26)27-3)21-23-15-10-6-7-11-16(15)29-21/h4-11H,1-3H3,(H,24,25). The second-order valence-corrected chi connectivity index (χ2v) is 7.52. The van der Waals surface area contributed by atoms with Gasteiger partial charge in [-0.15, -0.1) is 11.3 Å². The van der Waals surface area contributed by atoms with Crippen molar-refractivity contribution in [1.82, 2.24) is 4.98 Å². The molecule has 2 heterocycles. The SMILES string of the molecule is COC(=O)c1c(C)oc(NC(=O)c2ccccc2C)c1-c1nc2ccccc2s1. The van der Waals surface area contributed by atoms with Crippen molar-refractivity contribution in [2.75, 3.05) is 12.4 Å². The molecule has 146 valence electrons. The summed E-state index contributed by atoms with van der Waals surface area (Å²) in [6.45, 7) is 3.52. The smallest absolute Gasteiger partial charge is 0.342 e. The predicted molar refractivity (Wildman–Crippen MR) is 113 cm³/mol. The molecular formula is C22H18N2O4S. The molecule has 4 aromatic rings. The van der Waals surface area contributed by atoms with Gasteiger partial charge in [-0.25, -0.2) is 9.78 Å². The number of fused-ring (bicyclic) bond motifs is 1. The Kier molecular flexibility index (Phi) is 4.90. The fourth-order valence-electron chi connectivity index (χ4n) is 3.16. The topological polar surface area (TPSA) is 81.4 Å². The predicted octanol–water partition coefficient (Wildman–Crippen LogP) is 5.21. The third-order valence-electron chi connectivity index (χ3n) is 4.60. The quantitative estimate of drug-likeness (QED) is 0.470. The molecule has 6 nitrogen and oxygen atoms in total. The van der Waals surface area contributed by atoms with Crippen molar-refractivity contribution in [3.05, 3.63) is 71.0 Å². The molecule has 0 spiro atoms. The van der Waals surface area contributed by atoms with Crippen LogP contribution in [0.4, 0.5) is 5.88 Å². The van der Waals surface area contributed by atoms with E-state index in [1.54, 1.807) is 19.1 Å². The van der Waals surface area contributed by atoms with Crippen molar-refractivity contribution in [2.24, 2.45) is 0 Å². The summed E-state index contributed by atoms with van der Waals surface area (Å²) in [4.78, 5) is 29.9. The monoisotopic (exact) mass is 406 g/mol. The summed E-state index contributed by atoms with van der Waals surface area (Å²) < 4.78 is 11.7. The minimum Gasteiger partial charge on any atom is -0.465 e. The zero-order valence-corrected chi connectivity index (χ0v) is 16.9. The summed E-state index contributed by atoms with van der Waals surface area (Å²) in [5.41, 5.74) is 2.85. The largest absolute Gasteiger partial charge is 0.465 e. The number of hydrogen-bond donors (Lipinski definition) is 1. The number of furan rings is 1. The van der Waals surface area contributed by atoms with Crippen LogP contribution >= 0.6 is 11.3 Å². The lowest BCUT2D eigenvalue weighted by atomic mass is 10.1. The first-order valence-corrected chi connectivity index (χ1v) is 9.76. The van der Waals surface area contributed by atoms with E-state index < -0.39 is 5.97 Å². The summed E-state index contributed by atoms with van der Waals surface area (Å²) in [7, 11) is 1.31. The minimum absolute atomic E-state index is 0.176. The number of nitrogens with one attached hydrogen (secondary N) is 1. The Labute approximate surface area is 171 Å². The van der Waals surface area contributed by atoms with E-state index in [2.05, 4.69) is 10.3 Å². The van der Waals surface area contributed by atoms with Crippen LogP contribution in [0.1, 0.15) is 32.0 Å². The maximum Gasteiger partial charge on any atom is 0.342 e.